The molecule has 8 heteroatoms. The normalized spacial score (nSPS) is 10.8. The summed E-state index contributed by atoms with van der Waals surface area (Å²) in [7, 11) is 1.81. The van der Waals surface area contributed by atoms with Crippen LogP contribution in [0, 0.1) is 0 Å². The van der Waals surface area contributed by atoms with Crippen LogP contribution in [0.3, 0.4) is 0 Å². The molecule has 0 aromatic carbocycles. The van der Waals surface area contributed by atoms with Crippen LogP contribution in [0.4, 0.5) is 0 Å². The monoisotopic (exact) mass is 261 g/mol. The van der Waals surface area contributed by atoms with Gasteiger partial charge < -0.3 is 0 Å². The average molecular weight is 262 g/mol. The highest BCUT2D eigenvalue weighted by Gasteiger charge is 2.11. The zero-order valence-electron chi connectivity index (χ0n) is 9.40. The van der Waals surface area contributed by atoms with Crippen LogP contribution >= 0.6 is 11.6 Å². The van der Waals surface area contributed by atoms with Gasteiger partial charge in [0.25, 0.3) is 0 Å². The first-order chi connectivity index (χ1) is 8.74. The molecule has 0 saturated carbocycles. The standard InChI is InChI=1S/C10H8ClN7/c1-17-7(2-3-13-17)8-14-9(11)16-10(15-8)18-5-4-12-6-18/h2-6H,1H3. The molecule has 90 valence electrons. The van der Waals surface area contributed by atoms with E-state index in [-0.39, 0.29) is 5.28 Å². The topological polar surface area (TPSA) is 74.3 Å². The second-order valence-corrected chi connectivity index (χ2v) is 3.88. The van der Waals surface area contributed by atoms with Crippen LogP contribution in [0.5, 0.6) is 0 Å². The highest BCUT2D eigenvalue weighted by molar-refractivity contribution is 6.28. The van der Waals surface area contributed by atoms with E-state index in [1.807, 2.05) is 13.1 Å². The fraction of sp³-hybridized carbons (Fsp3) is 0.100. The third-order valence-electron chi connectivity index (χ3n) is 2.38. The van der Waals surface area contributed by atoms with Crippen LogP contribution < -0.4 is 0 Å². The molecular weight excluding hydrogens is 254 g/mol. The van der Waals surface area contributed by atoms with Crippen LogP contribution in [0.15, 0.2) is 31.0 Å². The van der Waals surface area contributed by atoms with Gasteiger partial charge in [0.05, 0.1) is 0 Å². The van der Waals surface area contributed by atoms with Crippen LogP contribution in [-0.2, 0) is 7.05 Å². The molecule has 0 spiro atoms. The zero-order valence-corrected chi connectivity index (χ0v) is 10.2. The van der Waals surface area contributed by atoms with E-state index >= 15 is 0 Å². The Morgan fingerprint density at radius 2 is 2.06 bits per heavy atom. The minimum absolute atomic E-state index is 0.130. The maximum absolute atomic E-state index is 5.91. The predicted octanol–water partition coefficient (Wildman–Crippen LogP) is 1.11. The number of hydrogen-bond acceptors (Lipinski definition) is 5. The first-order valence-electron chi connectivity index (χ1n) is 5.12. The number of aromatic nitrogens is 7. The predicted molar refractivity (Wildman–Crippen MR) is 64.2 cm³/mol. The molecule has 0 bridgehead atoms. The van der Waals surface area contributed by atoms with Gasteiger partial charge in [0.1, 0.15) is 12.0 Å². The number of halogens is 1. The fourth-order valence-corrected chi connectivity index (χ4v) is 1.70. The molecule has 3 heterocycles. The summed E-state index contributed by atoms with van der Waals surface area (Å²) in [6.07, 6.45) is 6.64. The average Bonchev–Trinajstić information content (AvgIpc) is 2.98. The van der Waals surface area contributed by atoms with Crippen LogP contribution in [0.2, 0.25) is 5.28 Å². The van der Waals surface area contributed by atoms with Crippen molar-refractivity contribution in [2.24, 2.45) is 7.05 Å². The first-order valence-corrected chi connectivity index (χ1v) is 5.50. The molecule has 7 nitrogen and oxygen atoms in total. The smallest absolute Gasteiger partial charge is 0.239 e. The maximum Gasteiger partial charge on any atom is 0.239 e. The molecule has 0 aliphatic rings. The number of rotatable bonds is 2. The Morgan fingerprint density at radius 3 is 2.72 bits per heavy atom. The molecule has 3 aromatic heterocycles. The molecule has 0 saturated heterocycles. The molecule has 0 amide bonds. The summed E-state index contributed by atoms with van der Waals surface area (Å²) in [6.45, 7) is 0. The van der Waals surface area contributed by atoms with Gasteiger partial charge in [0, 0.05) is 25.6 Å². The van der Waals surface area contributed by atoms with Gasteiger partial charge in [-0.05, 0) is 17.7 Å². The maximum atomic E-state index is 5.91. The van der Waals surface area contributed by atoms with E-state index in [1.54, 1.807) is 34.2 Å². The molecule has 0 aliphatic carbocycles. The van der Waals surface area contributed by atoms with Crippen molar-refractivity contribution in [3.63, 3.8) is 0 Å². The van der Waals surface area contributed by atoms with Crippen LogP contribution in [0.25, 0.3) is 17.5 Å². The molecule has 3 aromatic rings. The summed E-state index contributed by atoms with van der Waals surface area (Å²) in [5.41, 5.74) is 0.765. The lowest BCUT2D eigenvalue weighted by molar-refractivity contribution is 0.766. The summed E-state index contributed by atoms with van der Waals surface area (Å²) in [4.78, 5) is 16.4. The van der Waals surface area contributed by atoms with Crippen molar-refractivity contribution in [3.8, 4) is 17.5 Å². The Labute approximate surface area is 107 Å². The Kier molecular flexibility index (Phi) is 2.52. The minimum atomic E-state index is 0.130. The molecule has 0 fully saturated rings. The number of imidazole rings is 1. The minimum Gasteiger partial charge on any atom is -0.274 e. The van der Waals surface area contributed by atoms with Gasteiger partial charge >= 0.3 is 0 Å². The summed E-state index contributed by atoms with van der Waals surface area (Å²) in [5.74, 6) is 0.891. The van der Waals surface area contributed by atoms with Crippen molar-refractivity contribution >= 4 is 11.6 Å². The largest absolute Gasteiger partial charge is 0.274 e. The molecule has 0 aliphatic heterocycles. The molecule has 0 atom stereocenters. The summed E-state index contributed by atoms with van der Waals surface area (Å²) < 4.78 is 3.33. The van der Waals surface area contributed by atoms with E-state index in [4.69, 9.17) is 11.6 Å². The summed E-state index contributed by atoms with van der Waals surface area (Å²) >= 11 is 5.91. The third kappa shape index (κ3) is 1.84. The Morgan fingerprint density at radius 1 is 1.17 bits per heavy atom. The second-order valence-electron chi connectivity index (χ2n) is 3.54. The van der Waals surface area contributed by atoms with Crippen molar-refractivity contribution in [2.45, 2.75) is 0 Å². The molecular formula is C10H8ClN7. The molecule has 18 heavy (non-hydrogen) atoms. The number of hydrogen-bond donors (Lipinski definition) is 0. The van der Waals surface area contributed by atoms with Crippen molar-refractivity contribution in [2.75, 3.05) is 0 Å². The second kappa shape index (κ2) is 4.19. The van der Waals surface area contributed by atoms with E-state index in [0.29, 0.717) is 11.8 Å². The van der Waals surface area contributed by atoms with Gasteiger partial charge in [0.2, 0.25) is 11.2 Å². The van der Waals surface area contributed by atoms with Gasteiger partial charge in [-0.15, -0.1) is 0 Å². The van der Waals surface area contributed by atoms with Crippen LogP contribution in [0.1, 0.15) is 0 Å². The summed E-state index contributed by atoms with van der Waals surface area (Å²) in [5, 5.41) is 4.20. The highest BCUT2D eigenvalue weighted by atomic mass is 35.5. The summed E-state index contributed by atoms with van der Waals surface area (Å²) in [6, 6.07) is 1.81. The van der Waals surface area contributed by atoms with Crippen molar-refractivity contribution in [1.82, 2.24) is 34.3 Å². The number of nitrogens with zero attached hydrogens (tertiary/aromatic N) is 7. The van der Waals surface area contributed by atoms with Gasteiger partial charge in [-0.1, -0.05) is 0 Å². The SMILES string of the molecule is Cn1nccc1-c1nc(Cl)nc(-n2ccnc2)n1. The van der Waals surface area contributed by atoms with E-state index < -0.39 is 0 Å². The lowest BCUT2D eigenvalue weighted by Crippen LogP contribution is -2.05. The van der Waals surface area contributed by atoms with Gasteiger partial charge in [0.15, 0.2) is 5.82 Å². The fourth-order valence-electron chi connectivity index (χ4n) is 1.54. The molecule has 0 N–H and O–H groups in total. The Bertz CT molecular complexity index is 673. The lowest BCUT2D eigenvalue weighted by atomic mass is 10.4. The number of aryl methyl sites for hydroxylation is 1. The van der Waals surface area contributed by atoms with E-state index in [2.05, 4.69) is 25.0 Å². The van der Waals surface area contributed by atoms with Gasteiger partial charge in [-0.2, -0.15) is 20.1 Å². The molecule has 0 unspecified atom stereocenters. The van der Waals surface area contributed by atoms with E-state index in [1.165, 1.54) is 0 Å². The molecule has 3 rings (SSSR count). The Hall–Kier alpha value is -2.28. The first kappa shape index (κ1) is 10.8. The van der Waals surface area contributed by atoms with Crippen molar-refractivity contribution < 1.29 is 0 Å². The van der Waals surface area contributed by atoms with Crippen molar-refractivity contribution in [1.29, 1.82) is 0 Å². The Balaban J connectivity index is 2.15. The van der Waals surface area contributed by atoms with Gasteiger partial charge in [-0.3, -0.25) is 9.25 Å². The third-order valence-corrected chi connectivity index (χ3v) is 2.55. The lowest BCUT2D eigenvalue weighted by Gasteiger charge is -2.04. The van der Waals surface area contributed by atoms with Crippen LogP contribution in [-0.4, -0.2) is 34.3 Å². The van der Waals surface area contributed by atoms with E-state index in [9.17, 15) is 0 Å². The quantitative estimate of drug-likeness (QED) is 0.691. The molecule has 0 radical (unpaired) electrons. The van der Waals surface area contributed by atoms with Gasteiger partial charge in [-0.25, -0.2) is 4.98 Å². The zero-order chi connectivity index (χ0) is 12.5. The van der Waals surface area contributed by atoms with E-state index in [0.717, 1.165) is 5.69 Å². The highest BCUT2D eigenvalue weighted by Crippen LogP contribution is 2.16. The van der Waals surface area contributed by atoms with Crippen molar-refractivity contribution in [3.05, 3.63) is 36.3 Å².